The highest BCUT2D eigenvalue weighted by molar-refractivity contribution is 5.79. The van der Waals surface area contributed by atoms with E-state index < -0.39 is 0 Å². The third-order valence-electron chi connectivity index (χ3n) is 4.78. The zero-order chi connectivity index (χ0) is 20.6. The highest BCUT2D eigenvalue weighted by atomic mass is 19.1. The van der Waals surface area contributed by atoms with Gasteiger partial charge in [0.15, 0.2) is 5.96 Å². The Morgan fingerprint density at radius 3 is 3.00 bits per heavy atom. The smallest absolute Gasteiger partial charge is 0.345 e. The molecule has 0 saturated carbocycles. The van der Waals surface area contributed by atoms with Crippen LogP contribution >= 0.6 is 0 Å². The fraction of sp³-hybridized carbons (Fsp3) is 0.550. The molecule has 0 aliphatic carbocycles. The van der Waals surface area contributed by atoms with Gasteiger partial charge >= 0.3 is 5.69 Å². The molecule has 158 valence electrons. The molecule has 1 unspecified atom stereocenters. The van der Waals surface area contributed by atoms with Crippen LogP contribution in [0.25, 0.3) is 0 Å². The first kappa shape index (κ1) is 20.9. The highest BCUT2D eigenvalue weighted by Gasteiger charge is 2.16. The van der Waals surface area contributed by atoms with Gasteiger partial charge in [0.25, 0.3) is 0 Å². The van der Waals surface area contributed by atoms with E-state index in [-0.39, 0.29) is 17.6 Å². The van der Waals surface area contributed by atoms with Crippen LogP contribution in [0.1, 0.15) is 32.0 Å². The number of rotatable bonds is 8. The first-order chi connectivity index (χ1) is 14.1. The van der Waals surface area contributed by atoms with Crippen molar-refractivity contribution >= 4 is 5.96 Å². The maximum Gasteiger partial charge on any atom is 0.345 e. The van der Waals surface area contributed by atoms with E-state index in [0.717, 1.165) is 38.1 Å². The lowest BCUT2D eigenvalue weighted by Crippen LogP contribution is -2.42. The van der Waals surface area contributed by atoms with Gasteiger partial charge < -0.3 is 15.4 Å². The Morgan fingerprint density at radius 1 is 1.38 bits per heavy atom. The van der Waals surface area contributed by atoms with E-state index >= 15 is 0 Å². The lowest BCUT2D eigenvalue weighted by Gasteiger charge is -2.17. The molecule has 2 N–H and O–H groups in total. The predicted octanol–water partition coefficient (Wildman–Crippen LogP) is 1.54. The van der Waals surface area contributed by atoms with E-state index in [2.05, 4.69) is 20.7 Å². The van der Waals surface area contributed by atoms with Crippen molar-refractivity contribution in [1.29, 1.82) is 0 Å². The number of benzene rings is 1. The van der Waals surface area contributed by atoms with Crippen molar-refractivity contribution in [3.8, 4) is 5.75 Å². The number of fused-ring (bicyclic) bond motifs is 1. The fourth-order valence-electron chi connectivity index (χ4n) is 3.31. The van der Waals surface area contributed by atoms with E-state index in [1.165, 1.54) is 12.1 Å². The van der Waals surface area contributed by atoms with E-state index in [4.69, 9.17) is 4.74 Å². The van der Waals surface area contributed by atoms with E-state index in [9.17, 15) is 9.18 Å². The van der Waals surface area contributed by atoms with Crippen LogP contribution in [0.4, 0.5) is 4.39 Å². The Morgan fingerprint density at radius 2 is 2.24 bits per heavy atom. The molecular weight excluding hydrogens is 375 g/mol. The molecule has 1 aliphatic heterocycles. The zero-order valence-corrected chi connectivity index (χ0v) is 17.0. The number of aromatic nitrogens is 3. The molecule has 1 aromatic carbocycles. The Kier molecular flexibility index (Phi) is 7.26. The first-order valence-electron chi connectivity index (χ1n) is 10.1. The number of nitrogens with zero attached hydrogens (tertiary/aromatic N) is 4. The summed E-state index contributed by atoms with van der Waals surface area (Å²) in [6, 6.07) is 6.09. The van der Waals surface area contributed by atoms with Gasteiger partial charge in [-0.25, -0.2) is 13.9 Å². The van der Waals surface area contributed by atoms with E-state index in [1.54, 1.807) is 28.4 Å². The van der Waals surface area contributed by atoms with Gasteiger partial charge in [-0.15, -0.1) is 0 Å². The van der Waals surface area contributed by atoms with Crippen molar-refractivity contribution in [2.75, 3.05) is 20.1 Å². The number of hydrogen-bond acceptors (Lipinski definition) is 4. The molecule has 2 heterocycles. The van der Waals surface area contributed by atoms with Crippen molar-refractivity contribution in [3.05, 3.63) is 46.4 Å². The number of halogens is 1. The van der Waals surface area contributed by atoms with Crippen LogP contribution < -0.4 is 21.1 Å². The van der Waals surface area contributed by atoms with Crippen molar-refractivity contribution in [1.82, 2.24) is 25.0 Å². The second-order valence-corrected chi connectivity index (χ2v) is 7.15. The quantitative estimate of drug-likeness (QED) is 0.396. The van der Waals surface area contributed by atoms with Gasteiger partial charge in [-0.05, 0) is 38.3 Å². The maximum absolute atomic E-state index is 13.2. The summed E-state index contributed by atoms with van der Waals surface area (Å²) in [4.78, 5) is 16.5. The monoisotopic (exact) mass is 404 g/mol. The topological polar surface area (TPSA) is 85.5 Å². The van der Waals surface area contributed by atoms with Gasteiger partial charge in [0.1, 0.15) is 23.5 Å². The Bertz CT molecular complexity index is 891. The highest BCUT2D eigenvalue weighted by Crippen LogP contribution is 2.13. The number of aryl methyl sites for hydroxylation is 2. The number of aliphatic imine (C=N–C) groups is 1. The molecule has 1 aromatic heterocycles. The summed E-state index contributed by atoms with van der Waals surface area (Å²) in [7, 11) is 1.70. The number of guanidine groups is 1. The minimum atomic E-state index is -0.321. The summed E-state index contributed by atoms with van der Waals surface area (Å²) in [6.45, 7) is 4.43. The molecule has 8 nitrogen and oxygen atoms in total. The second-order valence-electron chi connectivity index (χ2n) is 7.15. The van der Waals surface area contributed by atoms with Gasteiger partial charge in [0.2, 0.25) is 0 Å². The van der Waals surface area contributed by atoms with Crippen LogP contribution in [-0.2, 0) is 19.5 Å². The van der Waals surface area contributed by atoms with Crippen LogP contribution in [0, 0.1) is 5.82 Å². The molecule has 3 rings (SSSR count). The number of nitrogens with one attached hydrogen (secondary N) is 2. The summed E-state index contributed by atoms with van der Waals surface area (Å²) in [5.41, 5.74) is -0.00877. The van der Waals surface area contributed by atoms with Crippen molar-refractivity contribution in [2.24, 2.45) is 4.99 Å². The molecule has 0 radical (unpaired) electrons. The summed E-state index contributed by atoms with van der Waals surface area (Å²) >= 11 is 0. The fourth-order valence-corrected chi connectivity index (χ4v) is 3.31. The van der Waals surface area contributed by atoms with Crippen LogP contribution in [0.5, 0.6) is 5.75 Å². The minimum Gasteiger partial charge on any atom is -0.489 e. The van der Waals surface area contributed by atoms with Crippen molar-refractivity contribution in [3.63, 3.8) is 0 Å². The second kappa shape index (κ2) is 10.1. The van der Waals surface area contributed by atoms with Crippen LogP contribution in [0.15, 0.2) is 34.1 Å². The molecule has 0 spiro atoms. The van der Waals surface area contributed by atoms with Gasteiger partial charge in [0, 0.05) is 39.2 Å². The van der Waals surface area contributed by atoms with Crippen LogP contribution in [0.2, 0.25) is 0 Å². The van der Waals surface area contributed by atoms with Gasteiger partial charge in [-0.3, -0.25) is 9.56 Å². The van der Waals surface area contributed by atoms with Crippen molar-refractivity contribution in [2.45, 2.75) is 51.8 Å². The standard InChI is InChI=1S/C20H29FN6O2/c1-15(29-17-8-5-7-16(21)13-17)14-24-19(22-2)23-10-6-12-27-20(28)26-11-4-3-9-18(26)25-27/h5,7-8,13,15H,3-4,6,9-12,14H2,1-2H3,(H2,22,23,24). The Hall–Kier alpha value is -2.84. The van der Waals surface area contributed by atoms with E-state index in [1.807, 2.05) is 6.92 Å². The molecule has 9 heteroatoms. The Balaban J connectivity index is 1.38. The first-order valence-corrected chi connectivity index (χ1v) is 10.1. The van der Waals surface area contributed by atoms with Crippen LogP contribution in [-0.4, -0.2) is 46.5 Å². The molecule has 0 amide bonds. The lowest BCUT2D eigenvalue weighted by molar-refractivity contribution is 0.223. The summed E-state index contributed by atoms with van der Waals surface area (Å²) in [5, 5.41) is 10.9. The summed E-state index contributed by atoms with van der Waals surface area (Å²) in [5.74, 6) is 1.73. The predicted molar refractivity (Wildman–Crippen MR) is 110 cm³/mol. The molecule has 0 fully saturated rings. The molecule has 2 aromatic rings. The van der Waals surface area contributed by atoms with Gasteiger partial charge in [-0.1, -0.05) is 6.07 Å². The van der Waals surface area contributed by atoms with E-state index in [0.29, 0.717) is 31.3 Å². The van der Waals surface area contributed by atoms with Gasteiger partial charge in [0.05, 0.1) is 6.54 Å². The normalized spacial score (nSPS) is 14.9. The third kappa shape index (κ3) is 5.82. The lowest BCUT2D eigenvalue weighted by atomic mass is 10.2. The van der Waals surface area contributed by atoms with Crippen molar-refractivity contribution < 1.29 is 9.13 Å². The molecule has 1 aliphatic rings. The van der Waals surface area contributed by atoms with Gasteiger partial charge in [-0.2, -0.15) is 5.10 Å². The average molecular weight is 404 g/mol. The summed E-state index contributed by atoms with van der Waals surface area (Å²) < 4.78 is 22.3. The molecule has 1 atom stereocenters. The largest absolute Gasteiger partial charge is 0.489 e. The minimum absolute atomic E-state index is 0.00877. The zero-order valence-electron chi connectivity index (χ0n) is 17.0. The SMILES string of the molecule is CN=C(NCCCn1nc2n(c1=O)CCCC2)NCC(C)Oc1cccc(F)c1. The Labute approximate surface area is 169 Å². The van der Waals surface area contributed by atoms with Crippen LogP contribution in [0.3, 0.4) is 0 Å². The molecule has 0 saturated heterocycles. The molecule has 29 heavy (non-hydrogen) atoms. The molecule has 0 bridgehead atoms. The average Bonchev–Trinajstić information content (AvgIpc) is 3.03. The maximum atomic E-state index is 13.2. The summed E-state index contributed by atoms with van der Waals surface area (Å²) in [6.07, 6.45) is 3.62. The third-order valence-corrected chi connectivity index (χ3v) is 4.78. The number of ether oxygens (including phenoxy) is 1. The number of hydrogen-bond donors (Lipinski definition) is 2. The molecular formula is C20H29FN6O2.